The van der Waals surface area contributed by atoms with Gasteiger partial charge in [0.2, 0.25) is 17.7 Å². The molecule has 1 rings (SSSR count). The molecule has 0 aromatic heterocycles. The lowest BCUT2D eigenvalue weighted by Gasteiger charge is -2.25. The van der Waals surface area contributed by atoms with Crippen LogP contribution in [0, 0.1) is 0 Å². The van der Waals surface area contributed by atoms with Gasteiger partial charge in [0.1, 0.15) is 23.9 Å². The summed E-state index contributed by atoms with van der Waals surface area (Å²) in [6, 6.07) is 0.597. The van der Waals surface area contributed by atoms with Crippen molar-refractivity contribution in [3.63, 3.8) is 0 Å². The molecular formula is C24H34N4O10S. The van der Waals surface area contributed by atoms with E-state index < -0.39 is 66.2 Å². The third-order valence-electron chi connectivity index (χ3n) is 5.52. The molecule has 0 aliphatic rings. The molecule has 3 amide bonds. The van der Waals surface area contributed by atoms with E-state index in [1.54, 1.807) is 6.26 Å². The van der Waals surface area contributed by atoms with Crippen LogP contribution in [0.15, 0.2) is 24.3 Å². The van der Waals surface area contributed by atoms with Crippen LogP contribution in [0.1, 0.15) is 37.7 Å². The van der Waals surface area contributed by atoms with Gasteiger partial charge in [0.05, 0.1) is 6.04 Å². The zero-order chi connectivity index (χ0) is 29.5. The maximum Gasteiger partial charge on any atom is 0.326 e. The summed E-state index contributed by atoms with van der Waals surface area (Å²) < 4.78 is 0. The van der Waals surface area contributed by atoms with Crippen LogP contribution in [-0.4, -0.2) is 92.2 Å². The highest BCUT2D eigenvalue weighted by Crippen LogP contribution is 2.12. The Morgan fingerprint density at radius 3 is 1.82 bits per heavy atom. The van der Waals surface area contributed by atoms with Crippen LogP contribution < -0.4 is 21.7 Å². The molecule has 216 valence electrons. The zero-order valence-electron chi connectivity index (χ0n) is 21.3. The van der Waals surface area contributed by atoms with E-state index in [1.165, 1.54) is 36.0 Å². The van der Waals surface area contributed by atoms with Crippen LogP contribution in [0.5, 0.6) is 5.75 Å². The van der Waals surface area contributed by atoms with Crippen molar-refractivity contribution in [1.82, 2.24) is 16.0 Å². The van der Waals surface area contributed by atoms with E-state index >= 15 is 0 Å². The number of aromatic hydroxyl groups is 1. The molecule has 0 aliphatic heterocycles. The maximum atomic E-state index is 13.3. The lowest BCUT2D eigenvalue weighted by molar-refractivity contribution is -0.143. The monoisotopic (exact) mass is 570 g/mol. The molecule has 15 heteroatoms. The Morgan fingerprint density at radius 1 is 0.769 bits per heavy atom. The summed E-state index contributed by atoms with van der Waals surface area (Å²) in [4.78, 5) is 71.9. The first-order valence-electron chi connectivity index (χ1n) is 11.9. The minimum atomic E-state index is -1.50. The van der Waals surface area contributed by atoms with Gasteiger partial charge in [0.25, 0.3) is 0 Å². The number of carbonyl (C=O) groups excluding carboxylic acids is 3. The van der Waals surface area contributed by atoms with E-state index in [4.69, 9.17) is 15.9 Å². The number of rotatable bonds is 18. The van der Waals surface area contributed by atoms with Gasteiger partial charge in [-0.2, -0.15) is 11.8 Å². The van der Waals surface area contributed by atoms with Crippen molar-refractivity contribution in [2.45, 2.75) is 62.7 Å². The van der Waals surface area contributed by atoms with Crippen LogP contribution in [0.2, 0.25) is 0 Å². The Labute approximate surface area is 228 Å². The van der Waals surface area contributed by atoms with Crippen molar-refractivity contribution < 1.29 is 49.2 Å². The minimum absolute atomic E-state index is 0.0239. The van der Waals surface area contributed by atoms with Gasteiger partial charge in [0.15, 0.2) is 0 Å². The average molecular weight is 571 g/mol. The molecule has 1 aromatic carbocycles. The van der Waals surface area contributed by atoms with Gasteiger partial charge in [-0.05, 0) is 49.0 Å². The minimum Gasteiger partial charge on any atom is -0.508 e. The number of benzene rings is 1. The highest BCUT2D eigenvalue weighted by atomic mass is 32.2. The first-order valence-corrected chi connectivity index (χ1v) is 13.3. The summed E-state index contributed by atoms with van der Waals surface area (Å²) in [6.07, 6.45) is 0.372. The van der Waals surface area contributed by atoms with E-state index in [-0.39, 0.29) is 37.9 Å². The predicted octanol–water partition coefficient (Wildman–Crippen LogP) is -0.716. The van der Waals surface area contributed by atoms with Gasteiger partial charge < -0.3 is 42.1 Å². The summed E-state index contributed by atoms with van der Waals surface area (Å²) in [6.45, 7) is 0. The lowest BCUT2D eigenvalue weighted by atomic mass is 10.0. The Morgan fingerprint density at radius 2 is 1.28 bits per heavy atom. The quantitative estimate of drug-likeness (QED) is 0.109. The van der Waals surface area contributed by atoms with Crippen LogP contribution in [0.25, 0.3) is 0 Å². The molecule has 0 saturated heterocycles. The summed E-state index contributed by atoms with van der Waals surface area (Å²) in [5.74, 6) is -5.88. The molecule has 9 N–H and O–H groups in total. The predicted molar refractivity (Wildman–Crippen MR) is 140 cm³/mol. The van der Waals surface area contributed by atoms with Crippen LogP contribution in [-0.2, 0) is 35.2 Å². The molecule has 14 nitrogen and oxygen atoms in total. The second-order valence-electron chi connectivity index (χ2n) is 8.65. The third-order valence-corrected chi connectivity index (χ3v) is 6.16. The molecule has 0 bridgehead atoms. The van der Waals surface area contributed by atoms with Crippen LogP contribution in [0.4, 0.5) is 0 Å². The van der Waals surface area contributed by atoms with Gasteiger partial charge in [0, 0.05) is 19.3 Å². The number of amides is 3. The van der Waals surface area contributed by atoms with E-state index in [9.17, 15) is 39.0 Å². The molecule has 0 radical (unpaired) electrons. The number of carboxylic acid groups (broad SMARTS) is 3. The number of hydrogen-bond donors (Lipinski definition) is 8. The van der Waals surface area contributed by atoms with Crippen molar-refractivity contribution >= 4 is 47.4 Å². The Bertz CT molecular complexity index is 1020. The van der Waals surface area contributed by atoms with Gasteiger partial charge in [-0.15, -0.1) is 0 Å². The second kappa shape index (κ2) is 16.9. The Balaban J connectivity index is 3.10. The molecule has 39 heavy (non-hydrogen) atoms. The molecule has 0 aliphatic carbocycles. The van der Waals surface area contributed by atoms with E-state index in [1.807, 2.05) is 0 Å². The van der Waals surface area contributed by atoms with Gasteiger partial charge in [-0.25, -0.2) is 4.79 Å². The molecule has 0 heterocycles. The SMILES string of the molecule is CSCCC(NC(=O)C(Cc1ccc(O)cc1)NC(=O)C(N)CCC(=O)O)C(=O)NC(CCC(=O)O)C(=O)O. The number of nitrogens with one attached hydrogen (secondary N) is 3. The van der Waals surface area contributed by atoms with E-state index in [0.29, 0.717) is 11.3 Å². The average Bonchev–Trinajstić information content (AvgIpc) is 2.87. The van der Waals surface area contributed by atoms with Crippen LogP contribution >= 0.6 is 11.8 Å². The lowest BCUT2D eigenvalue weighted by Crippen LogP contribution is -2.57. The maximum absolute atomic E-state index is 13.3. The smallest absolute Gasteiger partial charge is 0.326 e. The largest absolute Gasteiger partial charge is 0.508 e. The molecule has 4 atom stereocenters. The Kier molecular flexibility index (Phi) is 14.4. The molecular weight excluding hydrogens is 536 g/mol. The Hall–Kier alpha value is -3.85. The number of hydrogen-bond acceptors (Lipinski definition) is 9. The number of aliphatic carboxylic acids is 3. The number of carbonyl (C=O) groups is 6. The molecule has 0 spiro atoms. The zero-order valence-corrected chi connectivity index (χ0v) is 22.1. The summed E-state index contributed by atoms with van der Waals surface area (Å²) in [5, 5.41) is 43.8. The van der Waals surface area contributed by atoms with E-state index in [0.717, 1.165) is 0 Å². The fourth-order valence-electron chi connectivity index (χ4n) is 3.34. The fraction of sp³-hybridized carbons (Fsp3) is 0.500. The van der Waals surface area contributed by atoms with Gasteiger partial charge in [-0.3, -0.25) is 24.0 Å². The molecule has 0 saturated carbocycles. The van der Waals surface area contributed by atoms with Crippen molar-refractivity contribution in [3.8, 4) is 5.75 Å². The molecule has 0 fully saturated rings. The fourth-order valence-corrected chi connectivity index (χ4v) is 3.81. The third kappa shape index (κ3) is 13.0. The number of phenols is 1. The first kappa shape index (κ1) is 33.2. The highest BCUT2D eigenvalue weighted by Gasteiger charge is 2.30. The number of nitrogens with two attached hydrogens (primary N) is 1. The number of phenolic OH excluding ortho intramolecular Hbond substituents is 1. The van der Waals surface area contributed by atoms with Crippen LogP contribution in [0.3, 0.4) is 0 Å². The van der Waals surface area contributed by atoms with Crippen molar-refractivity contribution in [2.24, 2.45) is 5.73 Å². The second-order valence-corrected chi connectivity index (χ2v) is 9.63. The normalized spacial score (nSPS) is 13.8. The highest BCUT2D eigenvalue weighted by molar-refractivity contribution is 7.98. The first-order chi connectivity index (χ1) is 18.3. The van der Waals surface area contributed by atoms with Crippen molar-refractivity contribution in [3.05, 3.63) is 29.8 Å². The summed E-state index contributed by atoms with van der Waals surface area (Å²) >= 11 is 1.37. The molecule has 4 unspecified atom stereocenters. The molecule has 1 aromatic rings. The summed E-state index contributed by atoms with van der Waals surface area (Å²) in [5.41, 5.74) is 6.31. The standard InChI is InChI=1S/C24H34N4O10S/c1-39-11-10-16(22(35)27-17(24(37)38)7-9-20(32)33)26-23(36)18(12-13-2-4-14(29)5-3-13)28-21(34)15(25)6-8-19(30)31/h2-5,15-18,29H,6-12,25H2,1H3,(H,26,36)(H,27,35)(H,28,34)(H,30,31)(H,32,33)(H,37,38). The van der Waals surface area contributed by atoms with Gasteiger partial charge in [-0.1, -0.05) is 12.1 Å². The van der Waals surface area contributed by atoms with E-state index in [2.05, 4.69) is 16.0 Å². The van der Waals surface area contributed by atoms with Crippen molar-refractivity contribution in [1.29, 1.82) is 0 Å². The number of thioether (sulfide) groups is 1. The number of carboxylic acids is 3. The van der Waals surface area contributed by atoms with Gasteiger partial charge >= 0.3 is 17.9 Å². The summed E-state index contributed by atoms with van der Waals surface area (Å²) in [7, 11) is 0. The van der Waals surface area contributed by atoms with Crippen molar-refractivity contribution in [2.75, 3.05) is 12.0 Å². The topological polar surface area (TPSA) is 245 Å².